The Kier molecular flexibility index (Phi) is 6.14. The number of allylic oxidation sites excluding steroid dienone is 1. The molecule has 1 aromatic rings. The summed E-state index contributed by atoms with van der Waals surface area (Å²) in [5.74, 6) is -0.385. The van der Waals surface area contributed by atoms with Crippen molar-refractivity contribution in [3.05, 3.63) is 40.6 Å². The van der Waals surface area contributed by atoms with Gasteiger partial charge in [0.1, 0.15) is 6.10 Å². The van der Waals surface area contributed by atoms with E-state index >= 15 is 0 Å². The molecule has 140 valence electrons. The van der Waals surface area contributed by atoms with Crippen molar-refractivity contribution in [1.29, 1.82) is 0 Å². The monoisotopic (exact) mass is 422 g/mol. The van der Waals surface area contributed by atoms with Crippen LogP contribution < -0.4 is 0 Å². The molecule has 0 amide bonds. The van der Waals surface area contributed by atoms with Gasteiger partial charge < -0.3 is 14.2 Å². The number of hydrogen-bond acceptors (Lipinski definition) is 5. The lowest BCUT2D eigenvalue weighted by Gasteiger charge is -2.38. The summed E-state index contributed by atoms with van der Waals surface area (Å²) in [6.45, 7) is 3.80. The zero-order valence-electron chi connectivity index (χ0n) is 14.9. The van der Waals surface area contributed by atoms with Crippen molar-refractivity contribution < 1.29 is 23.8 Å². The third-order valence-corrected chi connectivity index (χ3v) is 5.41. The van der Waals surface area contributed by atoms with E-state index in [0.29, 0.717) is 25.0 Å². The maximum Gasteiger partial charge on any atom is 0.334 e. The van der Waals surface area contributed by atoms with Crippen LogP contribution in [-0.2, 0) is 23.8 Å². The fourth-order valence-corrected chi connectivity index (χ4v) is 3.79. The summed E-state index contributed by atoms with van der Waals surface area (Å²) < 4.78 is 17.6. The third-order valence-electron chi connectivity index (χ3n) is 4.88. The number of ether oxygens (including phenoxy) is 3. The summed E-state index contributed by atoms with van der Waals surface area (Å²) >= 11 is 3.40. The Labute approximate surface area is 161 Å². The lowest BCUT2D eigenvalue weighted by atomic mass is 9.78. The molecule has 2 aliphatic rings. The Balaban J connectivity index is 1.64. The standard InChI is InChI=1S/C20H23BrO5/c1-3-24-20(23)12(2)26-15-8-9-16-18(10-15)25-11-17(19(16)22)13-4-6-14(21)7-5-13/h4-7,11-12,15-16,18H,3,8-10H2,1-2H3. The first-order valence-corrected chi connectivity index (χ1v) is 9.76. The van der Waals surface area contributed by atoms with E-state index in [-0.39, 0.29) is 29.9 Å². The van der Waals surface area contributed by atoms with Gasteiger partial charge in [0.2, 0.25) is 0 Å². The molecule has 6 heteroatoms. The van der Waals surface area contributed by atoms with E-state index in [1.54, 1.807) is 20.1 Å². The number of benzene rings is 1. The van der Waals surface area contributed by atoms with E-state index in [1.807, 2.05) is 24.3 Å². The van der Waals surface area contributed by atoms with Crippen molar-refractivity contribution in [2.75, 3.05) is 6.61 Å². The van der Waals surface area contributed by atoms with Crippen LogP contribution in [0.5, 0.6) is 0 Å². The summed E-state index contributed by atoms with van der Waals surface area (Å²) in [7, 11) is 0. The van der Waals surface area contributed by atoms with Gasteiger partial charge in [0.05, 0.1) is 30.5 Å². The second-order valence-corrected chi connectivity index (χ2v) is 7.56. The molecule has 1 aliphatic carbocycles. The summed E-state index contributed by atoms with van der Waals surface area (Å²) in [4.78, 5) is 24.6. The van der Waals surface area contributed by atoms with Crippen LogP contribution in [-0.4, -0.2) is 36.7 Å². The van der Waals surface area contributed by atoms with Crippen molar-refractivity contribution in [2.24, 2.45) is 5.92 Å². The summed E-state index contributed by atoms with van der Waals surface area (Å²) in [5.41, 5.74) is 1.49. The molecule has 1 heterocycles. The second-order valence-electron chi connectivity index (χ2n) is 6.65. The van der Waals surface area contributed by atoms with Gasteiger partial charge >= 0.3 is 5.97 Å². The number of halogens is 1. The fraction of sp³-hybridized carbons (Fsp3) is 0.500. The molecule has 0 spiro atoms. The minimum absolute atomic E-state index is 0.105. The van der Waals surface area contributed by atoms with Crippen molar-refractivity contribution in [1.82, 2.24) is 0 Å². The largest absolute Gasteiger partial charge is 0.496 e. The third kappa shape index (κ3) is 4.18. The maximum atomic E-state index is 12.9. The van der Waals surface area contributed by atoms with Crippen molar-refractivity contribution in [3.8, 4) is 0 Å². The SMILES string of the molecule is CCOC(=O)C(C)OC1CCC2C(=O)C(c3ccc(Br)cc3)=COC2C1. The average Bonchev–Trinajstić information content (AvgIpc) is 2.63. The Hall–Kier alpha value is -1.66. The van der Waals surface area contributed by atoms with Gasteiger partial charge in [0.15, 0.2) is 11.9 Å². The Morgan fingerprint density at radius 3 is 2.73 bits per heavy atom. The Morgan fingerprint density at radius 1 is 1.31 bits per heavy atom. The van der Waals surface area contributed by atoms with Gasteiger partial charge in [0.25, 0.3) is 0 Å². The van der Waals surface area contributed by atoms with Gasteiger partial charge in [-0.3, -0.25) is 4.79 Å². The first-order valence-electron chi connectivity index (χ1n) is 8.97. The van der Waals surface area contributed by atoms with Crippen molar-refractivity contribution >= 4 is 33.3 Å². The molecule has 0 saturated heterocycles. The number of carbonyl (C=O) groups is 2. The van der Waals surface area contributed by atoms with Gasteiger partial charge in [-0.15, -0.1) is 0 Å². The van der Waals surface area contributed by atoms with Crippen LogP contribution in [0.15, 0.2) is 35.0 Å². The lowest BCUT2D eigenvalue weighted by Crippen LogP contribution is -2.43. The number of rotatable bonds is 5. The van der Waals surface area contributed by atoms with Gasteiger partial charge in [-0.05, 0) is 44.4 Å². The van der Waals surface area contributed by atoms with Gasteiger partial charge in [-0.1, -0.05) is 28.1 Å². The quantitative estimate of drug-likeness (QED) is 0.673. The fourth-order valence-electron chi connectivity index (χ4n) is 3.52. The van der Waals surface area contributed by atoms with Crippen LogP contribution in [0.4, 0.5) is 0 Å². The maximum absolute atomic E-state index is 12.9. The first-order chi connectivity index (χ1) is 12.5. The molecule has 0 N–H and O–H groups in total. The molecular formula is C20H23BrO5. The van der Waals surface area contributed by atoms with E-state index in [1.165, 1.54) is 0 Å². The van der Waals surface area contributed by atoms with E-state index in [2.05, 4.69) is 15.9 Å². The predicted molar refractivity (Wildman–Crippen MR) is 100 cm³/mol. The molecule has 4 atom stereocenters. The minimum Gasteiger partial charge on any atom is -0.496 e. The second kappa shape index (κ2) is 8.35. The highest BCUT2D eigenvalue weighted by Gasteiger charge is 2.41. The molecule has 0 bridgehead atoms. The molecule has 1 saturated carbocycles. The molecule has 26 heavy (non-hydrogen) atoms. The molecule has 1 fully saturated rings. The van der Waals surface area contributed by atoms with Crippen molar-refractivity contribution in [2.45, 2.75) is 51.4 Å². The summed E-state index contributed by atoms with van der Waals surface area (Å²) in [6.07, 6.45) is 2.69. The van der Waals surface area contributed by atoms with E-state index in [9.17, 15) is 9.59 Å². The molecular weight excluding hydrogens is 400 g/mol. The number of Topliss-reactive ketones (excluding diaryl/α,β-unsaturated/α-hetero) is 1. The van der Waals surface area contributed by atoms with E-state index < -0.39 is 6.10 Å². The smallest absolute Gasteiger partial charge is 0.334 e. The molecule has 1 aromatic carbocycles. The Morgan fingerprint density at radius 2 is 2.04 bits per heavy atom. The summed E-state index contributed by atoms with van der Waals surface area (Å²) in [6, 6.07) is 7.65. The molecule has 4 unspecified atom stereocenters. The van der Waals surface area contributed by atoms with Gasteiger partial charge in [0, 0.05) is 10.9 Å². The van der Waals surface area contributed by atoms with Crippen LogP contribution >= 0.6 is 15.9 Å². The molecule has 5 nitrogen and oxygen atoms in total. The number of esters is 1. The van der Waals surface area contributed by atoms with Gasteiger partial charge in [-0.25, -0.2) is 4.79 Å². The zero-order chi connectivity index (χ0) is 18.7. The van der Waals surface area contributed by atoms with E-state index in [0.717, 1.165) is 16.5 Å². The average molecular weight is 423 g/mol. The lowest BCUT2D eigenvalue weighted by molar-refractivity contribution is -0.163. The summed E-state index contributed by atoms with van der Waals surface area (Å²) in [5, 5.41) is 0. The van der Waals surface area contributed by atoms with Crippen LogP contribution in [0.25, 0.3) is 5.57 Å². The highest BCUT2D eigenvalue weighted by molar-refractivity contribution is 9.10. The van der Waals surface area contributed by atoms with E-state index in [4.69, 9.17) is 14.2 Å². The van der Waals surface area contributed by atoms with Crippen LogP contribution in [0.2, 0.25) is 0 Å². The normalized spacial score (nSPS) is 26.3. The Bertz CT molecular complexity index is 697. The molecule has 3 rings (SSSR count). The first kappa shape index (κ1) is 19.1. The minimum atomic E-state index is -0.607. The number of fused-ring (bicyclic) bond motifs is 1. The molecule has 0 aromatic heterocycles. The predicted octanol–water partition coefficient (Wildman–Crippen LogP) is 3.89. The highest BCUT2D eigenvalue weighted by Crippen LogP contribution is 2.37. The van der Waals surface area contributed by atoms with Crippen LogP contribution in [0.3, 0.4) is 0 Å². The van der Waals surface area contributed by atoms with Crippen molar-refractivity contribution in [3.63, 3.8) is 0 Å². The van der Waals surface area contributed by atoms with Gasteiger partial charge in [-0.2, -0.15) is 0 Å². The topological polar surface area (TPSA) is 61.8 Å². The molecule has 1 aliphatic heterocycles. The molecule has 0 radical (unpaired) electrons. The van der Waals surface area contributed by atoms with Crippen LogP contribution in [0, 0.1) is 5.92 Å². The number of carbonyl (C=O) groups excluding carboxylic acids is 2. The van der Waals surface area contributed by atoms with Crippen LogP contribution in [0.1, 0.15) is 38.7 Å². The number of hydrogen-bond donors (Lipinski definition) is 0. The number of ketones is 1. The highest BCUT2D eigenvalue weighted by atomic mass is 79.9. The zero-order valence-corrected chi connectivity index (χ0v) is 16.5.